The predicted molar refractivity (Wildman–Crippen MR) is 83.9 cm³/mol. The molecule has 0 bridgehead atoms. The van der Waals surface area contributed by atoms with Crippen molar-refractivity contribution in [2.75, 3.05) is 25.0 Å². The van der Waals surface area contributed by atoms with Crippen LogP contribution in [0.15, 0.2) is 9.59 Å². The number of hydrogen-bond acceptors (Lipinski definition) is 6. The Morgan fingerprint density at radius 2 is 1.91 bits per heavy atom. The normalized spacial score (nSPS) is 16.0. The van der Waals surface area contributed by atoms with Crippen LogP contribution in [0.3, 0.4) is 0 Å². The third-order valence-electron chi connectivity index (χ3n) is 4.08. The van der Waals surface area contributed by atoms with E-state index in [1.807, 2.05) is 11.0 Å². The molecule has 0 unspecified atom stereocenters. The van der Waals surface area contributed by atoms with E-state index in [0.29, 0.717) is 13.1 Å². The zero-order valence-electron chi connectivity index (χ0n) is 13.2. The van der Waals surface area contributed by atoms with Gasteiger partial charge in [-0.1, -0.05) is 0 Å². The number of nitriles is 1. The van der Waals surface area contributed by atoms with Crippen molar-refractivity contribution in [2.24, 2.45) is 19.8 Å². The monoisotopic (exact) mass is 320 g/mol. The van der Waals surface area contributed by atoms with Crippen LogP contribution in [0.5, 0.6) is 0 Å². The molecule has 0 saturated carbocycles. The molecule has 2 heterocycles. The molecule has 0 aromatic carbocycles. The summed E-state index contributed by atoms with van der Waals surface area (Å²) in [5.74, 6) is -0.119. The summed E-state index contributed by atoms with van der Waals surface area (Å²) in [5, 5.41) is 12.4. The highest BCUT2D eigenvalue weighted by atomic mass is 16.2. The fourth-order valence-electron chi connectivity index (χ4n) is 2.76. The van der Waals surface area contributed by atoms with E-state index in [1.165, 1.54) is 18.7 Å². The van der Waals surface area contributed by atoms with Gasteiger partial charge in [0.25, 0.3) is 5.56 Å². The Kier molecular flexibility index (Phi) is 4.86. The molecule has 1 aliphatic rings. The van der Waals surface area contributed by atoms with Gasteiger partial charge in [0, 0.05) is 33.2 Å². The summed E-state index contributed by atoms with van der Waals surface area (Å²) < 4.78 is 2.19. The number of primary amides is 1. The highest BCUT2D eigenvalue weighted by molar-refractivity contribution is 5.75. The molecule has 0 radical (unpaired) electrons. The number of nitrogens with two attached hydrogens (primary N) is 1. The van der Waals surface area contributed by atoms with Crippen LogP contribution >= 0.6 is 0 Å². The summed E-state index contributed by atoms with van der Waals surface area (Å²) in [6, 6.07) is 1.89. The molecular weight excluding hydrogens is 300 g/mol. The number of carbonyl (C=O) groups excluding carboxylic acids is 1. The number of aromatic nitrogens is 2. The van der Waals surface area contributed by atoms with E-state index in [0.717, 1.165) is 17.4 Å². The van der Waals surface area contributed by atoms with Gasteiger partial charge in [-0.25, -0.2) is 4.79 Å². The number of carbonyl (C=O) groups is 1. The van der Waals surface area contributed by atoms with Crippen molar-refractivity contribution >= 4 is 11.7 Å². The smallest absolute Gasteiger partial charge is 0.332 e. The maximum absolute atomic E-state index is 12.0. The number of piperidine rings is 1. The quantitative estimate of drug-likeness (QED) is 0.682. The van der Waals surface area contributed by atoms with Crippen molar-refractivity contribution in [3.63, 3.8) is 0 Å². The molecule has 1 aromatic rings. The van der Waals surface area contributed by atoms with Gasteiger partial charge in [-0.3, -0.25) is 23.6 Å². The Morgan fingerprint density at radius 3 is 2.43 bits per heavy atom. The number of likely N-dealkylation sites (tertiary alicyclic amines) is 1. The highest BCUT2D eigenvalue weighted by Gasteiger charge is 2.23. The molecule has 3 N–H and O–H groups in total. The van der Waals surface area contributed by atoms with Crippen LogP contribution in [0, 0.1) is 11.3 Å². The van der Waals surface area contributed by atoms with Crippen LogP contribution in [-0.2, 0) is 18.9 Å². The fraction of sp³-hybridized carbons (Fsp3) is 0.571. The van der Waals surface area contributed by atoms with Crippen molar-refractivity contribution < 1.29 is 4.79 Å². The van der Waals surface area contributed by atoms with Gasteiger partial charge < -0.3 is 11.1 Å². The molecule has 124 valence electrons. The molecule has 9 nitrogen and oxygen atoms in total. The van der Waals surface area contributed by atoms with E-state index < -0.39 is 11.2 Å². The summed E-state index contributed by atoms with van der Waals surface area (Å²) >= 11 is 0. The molecule has 1 fully saturated rings. The highest BCUT2D eigenvalue weighted by Crippen LogP contribution is 2.16. The zero-order chi connectivity index (χ0) is 17.1. The van der Waals surface area contributed by atoms with Crippen molar-refractivity contribution in [1.82, 2.24) is 14.0 Å². The minimum Gasteiger partial charge on any atom is -0.369 e. The average Bonchev–Trinajstić information content (AvgIpc) is 2.52. The standard InChI is InChI=1S/C14H20N6O3/c1-18-12(10(7-15)13(22)19(2)14(18)23)17-9-3-5-20(6-4-9)8-11(16)21/h9,17H,3-6,8H2,1-2H3,(H2,16,21). The van der Waals surface area contributed by atoms with Gasteiger partial charge >= 0.3 is 5.69 Å². The average molecular weight is 320 g/mol. The van der Waals surface area contributed by atoms with Crippen LogP contribution < -0.4 is 22.3 Å². The summed E-state index contributed by atoms with van der Waals surface area (Å²) in [5.41, 5.74) is 4.01. The predicted octanol–water partition coefficient (Wildman–Crippen LogP) is -1.68. The van der Waals surface area contributed by atoms with Gasteiger partial charge in [0.2, 0.25) is 5.91 Å². The van der Waals surface area contributed by atoms with E-state index in [2.05, 4.69) is 5.32 Å². The summed E-state index contributed by atoms with van der Waals surface area (Å²) in [6.07, 6.45) is 1.45. The molecule has 1 amide bonds. The number of amides is 1. The van der Waals surface area contributed by atoms with Crippen LogP contribution in [0.4, 0.5) is 5.82 Å². The first kappa shape index (κ1) is 16.8. The number of anilines is 1. The van der Waals surface area contributed by atoms with Crippen molar-refractivity contribution in [2.45, 2.75) is 18.9 Å². The van der Waals surface area contributed by atoms with Gasteiger partial charge in [-0.2, -0.15) is 5.26 Å². The van der Waals surface area contributed by atoms with Gasteiger partial charge in [0.1, 0.15) is 11.9 Å². The van der Waals surface area contributed by atoms with E-state index in [1.54, 1.807) is 0 Å². The molecule has 1 saturated heterocycles. The molecule has 2 rings (SSSR count). The summed E-state index contributed by atoms with van der Waals surface area (Å²) in [4.78, 5) is 36.9. The minimum absolute atomic E-state index is 0.0175. The Hall–Kier alpha value is -2.60. The molecule has 0 atom stereocenters. The number of nitrogens with zero attached hydrogens (tertiary/aromatic N) is 4. The van der Waals surface area contributed by atoms with Crippen LogP contribution in [0.1, 0.15) is 18.4 Å². The fourth-order valence-corrected chi connectivity index (χ4v) is 2.76. The zero-order valence-corrected chi connectivity index (χ0v) is 13.2. The SMILES string of the molecule is Cn1c(NC2CCN(CC(N)=O)CC2)c(C#N)c(=O)n(C)c1=O. The Morgan fingerprint density at radius 1 is 1.30 bits per heavy atom. The van der Waals surface area contributed by atoms with E-state index in [9.17, 15) is 19.6 Å². The van der Waals surface area contributed by atoms with Gasteiger partial charge in [-0.15, -0.1) is 0 Å². The van der Waals surface area contributed by atoms with E-state index in [4.69, 9.17) is 5.73 Å². The first-order chi connectivity index (χ1) is 10.8. The summed E-state index contributed by atoms with van der Waals surface area (Å²) in [7, 11) is 2.87. The van der Waals surface area contributed by atoms with E-state index in [-0.39, 0.29) is 29.9 Å². The molecule has 9 heteroatoms. The van der Waals surface area contributed by atoms with Crippen molar-refractivity contribution in [1.29, 1.82) is 5.26 Å². The van der Waals surface area contributed by atoms with Gasteiger partial charge in [0.05, 0.1) is 6.54 Å². The topological polar surface area (TPSA) is 126 Å². The molecule has 23 heavy (non-hydrogen) atoms. The molecule has 1 aliphatic heterocycles. The lowest BCUT2D eigenvalue weighted by Gasteiger charge is -2.32. The third-order valence-corrected chi connectivity index (χ3v) is 4.08. The van der Waals surface area contributed by atoms with E-state index >= 15 is 0 Å². The Balaban J connectivity index is 2.19. The largest absolute Gasteiger partial charge is 0.369 e. The molecule has 1 aromatic heterocycles. The third kappa shape index (κ3) is 3.43. The summed E-state index contributed by atoms with van der Waals surface area (Å²) in [6.45, 7) is 1.59. The van der Waals surface area contributed by atoms with Crippen molar-refractivity contribution in [3.8, 4) is 6.07 Å². The minimum atomic E-state index is -0.607. The number of hydrogen-bond donors (Lipinski definition) is 2. The van der Waals surface area contributed by atoms with Crippen LogP contribution in [-0.4, -0.2) is 45.6 Å². The maximum Gasteiger partial charge on any atom is 0.332 e. The Labute approximate surface area is 132 Å². The first-order valence-electron chi connectivity index (χ1n) is 7.32. The second-order valence-corrected chi connectivity index (χ2v) is 5.70. The van der Waals surface area contributed by atoms with Gasteiger partial charge in [-0.05, 0) is 12.8 Å². The molecule has 0 aliphatic carbocycles. The lowest BCUT2D eigenvalue weighted by atomic mass is 10.0. The Bertz CT molecular complexity index is 764. The number of rotatable bonds is 4. The lowest BCUT2D eigenvalue weighted by Crippen LogP contribution is -2.45. The second-order valence-electron chi connectivity index (χ2n) is 5.70. The molecular formula is C14H20N6O3. The van der Waals surface area contributed by atoms with Crippen LogP contribution in [0.2, 0.25) is 0 Å². The van der Waals surface area contributed by atoms with Crippen molar-refractivity contribution in [3.05, 3.63) is 26.4 Å². The lowest BCUT2D eigenvalue weighted by molar-refractivity contribution is -0.119. The first-order valence-corrected chi connectivity index (χ1v) is 7.32. The number of nitrogens with one attached hydrogen (secondary N) is 1. The second kappa shape index (κ2) is 6.66. The van der Waals surface area contributed by atoms with Gasteiger partial charge in [0.15, 0.2) is 5.56 Å². The van der Waals surface area contributed by atoms with Crippen LogP contribution in [0.25, 0.3) is 0 Å². The maximum atomic E-state index is 12.0. The molecule has 0 spiro atoms.